The van der Waals surface area contributed by atoms with Crippen molar-refractivity contribution < 1.29 is 9.59 Å². The number of thiazole rings is 1. The predicted octanol–water partition coefficient (Wildman–Crippen LogP) is 4.45. The molecule has 0 bridgehead atoms. The van der Waals surface area contributed by atoms with Gasteiger partial charge < -0.3 is 14.9 Å². The fourth-order valence-corrected chi connectivity index (χ4v) is 5.32. The number of benzene rings is 1. The van der Waals surface area contributed by atoms with Gasteiger partial charge in [0, 0.05) is 18.8 Å². The lowest BCUT2D eigenvalue weighted by molar-refractivity contribution is -0.125. The molecule has 2 amide bonds. The van der Waals surface area contributed by atoms with Crippen molar-refractivity contribution in [2.24, 2.45) is 5.92 Å². The summed E-state index contributed by atoms with van der Waals surface area (Å²) in [5.41, 5.74) is 1.84. The first-order valence-electron chi connectivity index (χ1n) is 8.71. The molecule has 2 aromatic heterocycles. The van der Waals surface area contributed by atoms with Gasteiger partial charge in [0.15, 0.2) is 5.13 Å². The summed E-state index contributed by atoms with van der Waals surface area (Å²) in [5.74, 6) is -0.434. The maximum Gasteiger partial charge on any atom is 0.245 e. The number of carbonyl (C=O) groups is 2. The highest BCUT2D eigenvalue weighted by atomic mass is 32.2. The lowest BCUT2D eigenvalue weighted by atomic mass is 10.1. The lowest BCUT2D eigenvalue weighted by Crippen LogP contribution is -2.30. The van der Waals surface area contributed by atoms with Gasteiger partial charge >= 0.3 is 0 Å². The Morgan fingerprint density at radius 2 is 2.25 bits per heavy atom. The Hall–Kier alpha value is -2.36. The second kappa shape index (κ2) is 8.34. The zero-order valence-corrected chi connectivity index (χ0v) is 17.3. The molecule has 6 nitrogen and oxygen atoms in total. The number of nitrogens with zero attached hydrogens (tertiary/aromatic N) is 2. The Balaban J connectivity index is 1.39. The van der Waals surface area contributed by atoms with Crippen LogP contribution in [-0.4, -0.2) is 34.8 Å². The van der Waals surface area contributed by atoms with Crippen LogP contribution in [0.25, 0.3) is 10.2 Å². The molecule has 1 atom stereocenters. The highest BCUT2D eigenvalue weighted by Crippen LogP contribution is 2.31. The van der Waals surface area contributed by atoms with E-state index in [2.05, 4.69) is 27.7 Å². The normalized spacial score (nSPS) is 16.3. The van der Waals surface area contributed by atoms with Crippen molar-refractivity contribution in [3.05, 3.63) is 48.4 Å². The minimum Gasteiger partial charge on any atom is -0.338 e. The van der Waals surface area contributed by atoms with E-state index < -0.39 is 0 Å². The zero-order valence-electron chi connectivity index (χ0n) is 14.9. The topological polar surface area (TPSA) is 74.3 Å². The first-order chi connectivity index (χ1) is 13.6. The highest BCUT2D eigenvalue weighted by molar-refractivity contribution is 8.02. The summed E-state index contributed by atoms with van der Waals surface area (Å²) in [4.78, 5) is 30.4. The third-order valence-corrected chi connectivity index (χ3v) is 7.24. The molecule has 4 rings (SSSR count). The second-order valence-corrected chi connectivity index (χ2v) is 9.39. The van der Waals surface area contributed by atoms with E-state index >= 15 is 0 Å². The van der Waals surface area contributed by atoms with E-state index in [4.69, 9.17) is 0 Å². The van der Waals surface area contributed by atoms with E-state index in [9.17, 15) is 9.59 Å². The summed E-state index contributed by atoms with van der Waals surface area (Å²) in [6.07, 6.45) is 1.94. The van der Waals surface area contributed by atoms with Gasteiger partial charge in [-0.1, -0.05) is 24.0 Å². The van der Waals surface area contributed by atoms with Gasteiger partial charge in [0.1, 0.15) is 0 Å². The molecule has 2 N–H and O–H groups in total. The fraction of sp³-hybridized carbons (Fsp3) is 0.211. The number of rotatable bonds is 6. The Kier molecular flexibility index (Phi) is 5.65. The van der Waals surface area contributed by atoms with Crippen LogP contribution < -0.4 is 10.0 Å². The molecule has 0 saturated carbocycles. The number of aromatic nitrogens is 1. The van der Waals surface area contributed by atoms with E-state index in [-0.39, 0.29) is 17.7 Å². The fourth-order valence-electron chi connectivity index (χ4n) is 2.98. The minimum absolute atomic E-state index is 0.0926. The number of hydrogen-bond donors (Lipinski definition) is 2. The van der Waals surface area contributed by atoms with Crippen molar-refractivity contribution in [3.63, 3.8) is 0 Å². The van der Waals surface area contributed by atoms with Gasteiger partial charge in [0.2, 0.25) is 11.8 Å². The standard InChI is InChI=1S/C19H18N4O2S3/c1-2-16(24)23-8-7-12(11-23)18(25)21-19-20-14-6-5-13(10-15(14)27-19)22-28-17-4-3-9-26-17/h2-6,9-10,12,22H,1,7-8,11H2,(H,20,21,25). The summed E-state index contributed by atoms with van der Waals surface area (Å²) in [6, 6.07) is 10.0. The van der Waals surface area contributed by atoms with Gasteiger partial charge in [-0.3, -0.25) is 9.59 Å². The van der Waals surface area contributed by atoms with Gasteiger partial charge in [-0.25, -0.2) is 4.98 Å². The molecule has 9 heteroatoms. The number of anilines is 2. The molecule has 144 valence electrons. The third-order valence-electron chi connectivity index (χ3n) is 4.43. The number of likely N-dealkylation sites (tertiary alicyclic amines) is 1. The van der Waals surface area contributed by atoms with Gasteiger partial charge in [-0.15, -0.1) is 11.3 Å². The van der Waals surface area contributed by atoms with Crippen LogP contribution in [0.15, 0.2) is 52.6 Å². The molecule has 1 aliphatic heterocycles. The maximum absolute atomic E-state index is 12.5. The first kappa shape index (κ1) is 19.0. The van der Waals surface area contributed by atoms with Crippen LogP contribution in [0.5, 0.6) is 0 Å². The van der Waals surface area contributed by atoms with Crippen LogP contribution in [0.4, 0.5) is 10.8 Å². The number of fused-ring (bicyclic) bond motifs is 1. The average molecular weight is 431 g/mol. The number of thiophene rings is 1. The van der Waals surface area contributed by atoms with E-state index in [1.54, 1.807) is 28.2 Å². The second-order valence-electron chi connectivity index (χ2n) is 6.30. The quantitative estimate of drug-likeness (QED) is 0.446. The third kappa shape index (κ3) is 4.21. The van der Waals surface area contributed by atoms with Gasteiger partial charge in [-0.05, 0) is 54.1 Å². The highest BCUT2D eigenvalue weighted by Gasteiger charge is 2.30. The van der Waals surface area contributed by atoms with Crippen molar-refractivity contribution in [2.75, 3.05) is 23.1 Å². The summed E-state index contributed by atoms with van der Waals surface area (Å²) in [6.45, 7) is 4.50. The lowest BCUT2D eigenvalue weighted by Gasteiger charge is -2.13. The summed E-state index contributed by atoms with van der Waals surface area (Å²) in [5, 5.41) is 5.53. The van der Waals surface area contributed by atoms with Crippen LogP contribution in [0.1, 0.15) is 6.42 Å². The summed E-state index contributed by atoms with van der Waals surface area (Å²) < 4.78 is 5.52. The van der Waals surface area contributed by atoms with Crippen molar-refractivity contribution >= 4 is 67.5 Å². The van der Waals surface area contributed by atoms with E-state index in [1.165, 1.54) is 21.6 Å². The van der Waals surface area contributed by atoms with E-state index in [0.29, 0.717) is 24.6 Å². The van der Waals surface area contributed by atoms with Crippen molar-refractivity contribution in [1.82, 2.24) is 9.88 Å². The largest absolute Gasteiger partial charge is 0.338 e. The Morgan fingerprint density at radius 3 is 3.04 bits per heavy atom. The van der Waals surface area contributed by atoms with Crippen LogP contribution in [0.3, 0.4) is 0 Å². The van der Waals surface area contributed by atoms with Gasteiger partial charge in [-0.2, -0.15) is 0 Å². The Labute approximate surface area is 174 Å². The average Bonchev–Trinajstić information content (AvgIpc) is 3.45. The van der Waals surface area contributed by atoms with Crippen LogP contribution in [0, 0.1) is 5.92 Å². The van der Waals surface area contributed by atoms with E-state index in [1.807, 2.05) is 29.6 Å². The monoisotopic (exact) mass is 430 g/mol. The number of nitrogens with one attached hydrogen (secondary N) is 2. The van der Waals surface area contributed by atoms with Crippen LogP contribution in [-0.2, 0) is 9.59 Å². The molecule has 0 aliphatic carbocycles. The molecule has 0 radical (unpaired) electrons. The van der Waals surface area contributed by atoms with Crippen molar-refractivity contribution in [3.8, 4) is 0 Å². The molecule has 0 spiro atoms. The summed E-state index contributed by atoms with van der Waals surface area (Å²) >= 11 is 4.70. The predicted molar refractivity (Wildman–Crippen MR) is 117 cm³/mol. The molecule has 3 heterocycles. The van der Waals surface area contributed by atoms with Crippen LogP contribution in [0.2, 0.25) is 0 Å². The Morgan fingerprint density at radius 1 is 1.36 bits per heavy atom. The molecule has 1 aliphatic rings. The maximum atomic E-state index is 12.5. The minimum atomic E-state index is -0.213. The molecule has 1 aromatic carbocycles. The first-order valence-corrected chi connectivity index (χ1v) is 11.2. The zero-order chi connectivity index (χ0) is 19.5. The SMILES string of the molecule is C=CC(=O)N1CCC(C(=O)Nc2nc3ccc(NSc4cccs4)cc3s2)C1. The van der Waals surface area contributed by atoms with E-state index in [0.717, 1.165) is 15.9 Å². The molecule has 1 unspecified atom stereocenters. The van der Waals surface area contributed by atoms with Crippen LogP contribution >= 0.6 is 34.6 Å². The van der Waals surface area contributed by atoms with Gasteiger partial charge in [0.05, 0.1) is 20.3 Å². The number of amides is 2. The van der Waals surface area contributed by atoms with Gasteiger partial charge in [0.25, 0.3) is 0 Å². The van der Waals surface area contributed by atoms with Crippen molar-refractivity contribution in [1.29, 1.82) is 0 Å². The number of hydrogen-bond acceptors (Lipinski definition) is 7. The smallest absolute Gasteiger partial charge is 0.245 e. The molecular weight excluding hydrogens is 412 g/mol. The van der Waals surface area contributed by atoms with Crippen molar-refractivity contribution in [2.45, 2.75) is 10.6 Å². The molecule has 3 aromatic rings. The molecular formula is C19H18N4O2S3. The Bertz CT molecular complexity index is 1020. The molecule has 1 fully saturated rings. The number of carbonyl (C=O) groups excluding carboxylic acids is 2. The summed E-state index contributed by atoms with van der Waals surface area (Å²) in [7, 11) is 0. The molecule has 1 saturated heterocycles. The molecule has 28 heavy (non-hydrogen) atoms.